The van der Waals surface area contributed by atoms with Crippen LogP contribution in [-0.4, -0.2) is 11.7 Å². The molecule has 0 saturated carbocycles. The summed E-state index contributed by atoms with van der Waals surface area (Å²) >= 11 is 0. The second-order valence-corrected chi connectivity index (χ2v) is 5.04. The van der Waals surface area contributed by atoms with Gasteiger partial charge in [-0.05, 0) is 44.4 Å². The Bertz CT molecular complexity index is 205. The van der Waals surface area contributed by atoms with Gasteiger partial charge in [0.1, 0.15) is 0 Å². The van der Waals surface area contributed by atoms with Crippen molar-refractivity contribution in [3.63, 3.8) is 0 Å². The lowest BCUT2D eigenvalue weighted by molar-refractivity contribution is 0.226. The fourth-order valence-electron chi connectivity index (χ4n) is 1.86. The second kappa shape index (κ2) is 9.65. The average Bonchev–Trinajstić information content (AvgIpc) is 2.25. The maximum atomic E-state index is 8.92. The molecular weight excluding hydrogens is 196 g/mol. The molecule has 0 aliphatic carbocycles. The molecule has 0 aromatic rings. The molecule has 0 amide bonds. The third kappa shape index (κ3) is 8.72. The van der Waals surface area contributed by atoms with E-state index >= 15 is 0 Å². The Labute approximate surface area is 101 Å². The first-order valence-corrected chi connectivity index (χ1v) is 6.49. The molecule has 1 heteroatoms. The minimum Gasteiger partial charge on any atom is -0.396 e. The molecule has 0 radical (unpaired) electrons. The molecule has 0 aliphatic heterocycles. The van der Waals surface area contributed by atoms with Crippen LogP contribution in [0.3, 0.4) is 0 Å². The summed E-state index contributed by atoms with van der Waals surface area (Å²) in [6, 6.07) is 0. The van der Waals surface area contributed by atoms with Crippen molar-refractivity contribution in [3.8, 4) is 0 Å². The van der Waals surface area contributed by atoms with Crippen LogP contribution in [0.4, 0.5) is 0 Å². The van der Waals surface area contributed by atoms with E-state index in [0.717, 1.165) is 19.3 Å². The van der Waals surface area contributed by atoms with Gasteiger partial charge in [-0.1, -0.05) is 38.0 Å². The third-order valence-electron chi connectivity index (χ3n) is 2.98. The van der Waals surface area contributed by atoms with E-state index < -0.39 is 0 Å². The van der Waals surface area contributed by atoms with E-state index in [4.69, 9.17) is 5.11 Å². The molecule has 0 aliphatic rings. The third-order valence-corrected chi connectivity index (χ3v) is 2.98. The van der Waals surface area contributed by atoms with Crippen molar-refractivity contribution in [1.82, 2.24) is 0 Å². The Morgan fingerprint density at radius 1 is 1.31 bits per heavy atom. The fraction of sp³-hybridized carbons (Fsp3) is 0.733. The highest BCUT2D eigenvalue weighted by molar-refractivity contribution is 5.01. The van der Waals surface area contributed by atoms with Gasteiger partial charge < -0.3 is 5.11 Å². The molecule has 0 aromatic carbocycles. The maximum Gasteiger partial charge on any atom is 0.0456 e. The van der Waals surface area contributed by atoms with E-state index in [0.29, 0.717) is 18.4 Å². The summed E-state index contributed by atoms with van der Waals surface area (Å²) in [6.07, 6.45) is 10.2. The number of allylic oxidation sites excluding steroid dienone is 3. The van der Waals surface area contributed by atoms with Gasteiger partial charge in [-0.3, -0.25) is 0 Å². The highest BCUT2D eigenvalue weighted by atomic mass is 16.3. The molecule has 0 fully saturated rings. The van der Waals surface area contributed by atoms with Crippen molar-refractivity contribution in [3.05, 3.63) is 24.3 Å². The Kier molecular flexibility index (Phi) is 9.31. The summed E-state index contributed by atoms with van der Waals surface area (Å²) in [6.45, 7) is 10.7. The summed E-state index contributed by atoms with van der Waals surface area (Å²) in [5.41, 5.74) is 1.47. The van der Waals surface area contributed by atoms with Crippen LogP contribution in [0.1, 0.15) is 52.9 Å². The van der Waals surface area contributed by atoms with Crippen molar-refractivity contribution in [2.75, 3.05) is 6.61 Å². The van der Waals surface area contributed by atoms with Crippen molar-refractivity contribution in [2.45, 2.75) is 52.9 Å². The summed E-state index contributed by atoms with van der Waals surface area (Å²) in [5.74, 6) is 1.12. The normalized spacial score (nSPS) is 15.9. The van der Waals surface area contributed by atoms with Crippen LogP contribution in [0.2, 0.25) is 0 Å². The molecular formula is C15H28O. The van der Waals surface area contributed by atoms with Gasteiger partial charge in [0.2, 0.25) is 0 Å². The van der Waals surface area contributed by atoms with E-state index in [1.54, 1.807) is 0 Å². The standard InChI is InChI=1S/C15H28O/c1-5-6-8-13(2)11-14(3)9-7-10-15(4)12-16/h5,11,14-16H,1,6-10,12H2,2-4H3. The Morgan fingerprint density at radius 3 is 2.56 bits per heavy atom. The first-order chi connectivity index (χ1) is 7.60. The molecule has 0 rings (SSSR count). The van der Waals surface area contributed by atoms with E-state index in [2.05, 4.69) is 33.4 Å². The van der Waals surface area contributed by atoms with Gasteiger partial charge in [-0.2, -0.15) is 0 Å². The number of rotatable bonds is 9. The van der Waals surface area contributed by atoms with Crippen LogP contribution < -0.4 is 0 Å². The molecule has 94 valence electrons. The van der Waals surface area contributed by atoms with Gasteiger partial charge >= 0.3 is 0 Å². The summed E-state index contributed by atoms with van der Waals surface area (Å²) in [7, 11) is 0. The highest BCUT2D eigenvalue weighted by Crippen LogP contribution is 2.16. The zero-order chi connectivity index (χ0) is 12.4. The van der Waals surface area contributed by atoms with Gasteiger partial charge in [0.05, 0.1) is 0 Å². The summed E-state index contributed by atoms with van der Waals surface area (Å²) < 4.78 is 0. The van der Waals surface area contributed by atoms with E-state index in [-0.39, 0.29) is 0 Å². The van der Waals surface area contributed by atoms with Crippen LogP contribution in [-0.2, 0) is 0 Å². The highest BCUT2D eigenvalue weighted by Gasteiger charge is 2.03. The topological polar surface area (TPSA) is 20.2 Å². The Hall–Kier alpha value is -0.560. The zero-order valence-electron chi connectivity index (χ0n) is 11.2. The van der Waals surface area contributed by atoms with Crippen molar-refractivity contribution in [1.29, 1.82) is 0 Å². The summed E-state index contributed by atoms with van der Waals surface area (Å²) in [5, 5.41) is 8.92. The fourth-order valence-corrected chi connectivity index (χ4v) is 1.86. The predicted molar refractivity (Wildman–Crippen MR) is 72.5 cm³/mol. The lowest BCUT2D eigenvalue weighted by Gasteiger charge is -2.11. The van der Waals surface area contributed by atoms with Crippen LogP contribution in [0.25, 0.3) is 0 Å². The van der Waals surface area contributed by atoms with Gasteiger partial charge in [-0.15, -0.1) is 6.58 Å². The van der Waals surface area contributed by atoms with Crippen molar-refractivity contribution >= 4 is 0 Å². The number of aliphatic hydroxyl groups excluding tert-OH is 1. The largest absolute Gasteiger partial charge is 0.396 e. The molecule has 16 heavy (non-hydrogen) atoms. The minimum atomic E-state index is 0.322. The van der Waals surface area contributed by atoms with Crippen molar-refractivity contribution < 1.29 is 5.11 Å². The zero-order valence-corrected chi connectivity index (χ0v) is 11.2. The monoisotopic (exact) mass is 224 g/mol. The van der Waals surface area contributed by atoms with E-state index in [1.807, 2.05) is 6.08 Å². The van der Waals surface area contributed by atoms with Crippen LogP contribution in [0, 0.1) is 11.8 Å². The van der Waals surface area contributed by atoms with Crippen LogP contribution in [0.5, 0.6) is 0 Å². The smallest absolute Gasteiger partial charge is 0.0456 e. The number of hydrogen-bond donors (Lipinski definition) is 1. The maximum absolute atomic E-state index is 8.92. The van der Waals surface area contributed by atoms with Crippen LogP contribution in [0.15, 0.2) is 24.3 Å². The second-order valence-electron chi connectivity index (χ2n) is 5.04. The molecule has 0 bridgehead atoms. The molecule has 1 nitrogen and oxygen atoms in total. The Morgan fingerprint density at radius 2 is 2.00 bits per heavy atom. The molecule has 2 atom stereocenters. The van der Waals surface area contributed by atoms with Gasteiger partial charge in [0.15, 0.2) is 0 Å². The molecule has 0 saturated heterocycles. The quantitative estimate of drug-likeness (QED) is 0.578. The predicted octanol–water partition coefficient (Wildman–Crippen LogP) is 4.33. The molecule has 2 unspecified atom stereocenters. The summed E-state index contributed by atoms with van der Waals surface area (Å²) in [4.78, 5) is 0. The molecule has 0 aromatic heterocycles. The SMILES string of the molecule is C=CCCC(C)=CC(C)CCCC(C)CO. The number of hydrogen-bond acceptors (Lipinski definition) is 1. The first kappa shape index (κ1) is 15.4. The van der Waals surface area contributed by atoms with Gasteiger partial charge in [0.25, 0.3) is 0 Å². The first-order valence-electron chi connectivity index (χ1n) is 6.49. The van der Waals surface area contributed by atoms with Crippen LogP contribution >= 0.6 is 0 Å². The van der Waals surface area contributed by atoms with E-state index in [1.165, 1.54) is 18.4 Å². The molecule has 0 spiro atoms. The van der Waals surface area contributed by atoms with Crippen molar-refractivity contribution in [2.24, 2.45) is 11.8 Å². The minimum absolute atomic E-state index is 0.322. The molecule has 0 heterocycles. The lowest BCUT2D eigenvalue weighted by Crippen LogP contribution is -2.01. The van der Waals surface area contributed by atoms with Gasteiger partial charge in [0, 0.05) is 6.61 Å². The average molecular weight is 224 g/mol. The Balaban J connectivity index is 3.71. The molecule has 1 N–H and O–H groups in total. The van der Waals surface area contributed by atoms with Gasteiger partial charge in [-0.25, -0.2) is 0 Å². The number of aliphatic hydroxyl groups is 1. The van der Waals surface area contributed by atoms with E-state index in [9.17, 15) is 0 Å². The lowest BCUT2D eigenvalue weighted by atomic mass is 9.96.